The van der Waals surface area contributed by atoms with Crippen molar-refractivity contribution in [2.75, 3.05) is 18.0 Å². The molecule has 11 heteroatoms. The number of benzene rings is 1. The van der Waals surface area contributed by atoms with Crippen molar-refractivity contribution in [3.8, 4) is 0 Å². The quantitative estimate of drug-likeness (QED) is 0.577. The molecule has 0 spiro atoms. The Hall–Kier alpha value is -2.66. The van der Waals surface area contributed by atoms with Crippen molar-refractivity contribution in [2.24, 2.45) is 0 Å². The minimum absolute atomic E-state index is 0.0718. The number of halogens is 1. The fraction of sp³-hybridized carbons (Fsp3) is 0.250. The molecule has 2 aromatic rings. The summed E-state index contributed by atoms with van der Waals surface area (Å²) in [6.45, 7) is 1.72. The van der Waals surface area contributed by atoms with Gasteiger partial charge in [0.05, 0.1) is 23.7 Å². The number of nitrogens with zero attached hydrogens (tertiary/aromatic N) is 2. The van der Waals surface area contributed by atoms with Crippen LogP contribution in [0.3, 0.4) is 0 Å². The van der Waals surface area contributed by atoms with Crippen LogP contribution in [0.4, 0.5) is 20.6 Å². The molecule has 1 N–H and O–H groups in total. The maximum Gasteiger partial charge on any atom is 0.414 e. The summed E-state index contributed by atoms with van der Waals surface area (Å²) in [5, 5.41) is 15.1. The van der Waals surface area contributed by atoms with E-state index >= 15 is 0 Å². The minimum Gasteiger partial charge on any atom is -0.442 e. The second-order valence-electron chi connectivity index (χ2n) is 5.62. The highest BCUT2D eigenvalue weighted by Gasteiger charge is 2.32. The average Bonchev–Trinajstić information content (AvgIpc) is 3.21. The second kappa shape index (κ2) is 7.92. The number of nitro groups is 1. The summed E-state index contributed by atoms with van der Waals surface area (Å²) in [5.74, 6) is -0.835. The SMILES string of the molecule is CC(=O)NC[C@@H]1CN(c2ccc(Sc3sccc3[N+](=O)[O-])c(F)c2)C(=O)O1. The van der Waals surface area contributed by atoms with Crippen molar-refractivity contribution in [3.63, 3.8) is 0 Å². The van der Waals surface area contributed by atoms with Crippen LogP contribution >= 0.6 is 23.1 Å². The number of cyclic esters (lactones) is 1. The first kappa shape index (κ1) is 19.1. The minimum atomic E-state index is -0.626. The predicted molar refractivity (Wildman–Crippen MR) is 97.8 cm³/mol. The largest absolute Gasteiger partial charge is 0.442 e. The molecule has 1 aliphatic rings. The molecule has 27 heavy (non-hydrogen) atoms. The van der Waals surface area contributed by atoms with Gasteiger partial charge in [-0.3, -0.25) is 19.8 Å². The number of hydrogen-bond acceptors (Lipinski definition) is 7. The van der Waals surface area contributed by atoms with Gasteiger partial charge in [-0.2, -0.15) is 0 Å². The van der Waals surface area contributed by atoms with Gasteiger partial charge in [-0.05, 0) is 23.6 Å². The molecule has 0 bridgehead atoms. The van der Waals surface area contributed by atoms with E-state index in [1.165, 1.54) is 30.0 Å². The van der Waals surface area contributed by atoms with Crippen molar-refractivity contribution in [2.45, 2.75) is 22.1 Å². The van der Waals surface area contributed by atoms with E-state index < -0.39 is 22.9 Å². The van der Waals surface area contributed by atoms with Crippen LogP contribution in [0.2, 0.25) is 0 Å². The van der Waals surface area contributed by atoms with Gasteiger partial charge in [0, 0.05) is 17.9 Å². The van der Waals surface area contributed by atoms with Gasteiger partial charge in [-0.1, -0.05) is 11.8 Å². The van der Waals surface area contributed by atoms with Crippen LogP contribution in [-0.2, 0) is 9.53 Å². The van der Waals surface area contributed by atoms with Gasteiger partial charge in [0.2, 0.25) is 5.91 Å². The molecule has 2 heterocycles. The number of carbonyl (C=O) groups is 2. The summed E-state index contributed by atoms with van der Waals surface area (Å²) in [5.41, 5.74) is 0.241. The van der Waals surface area contributed by atoms with Crippen LogP contribution in [0.15, 0.2) is 38.8 Å². The summed E-state index contributed by atoms with van der Waals surface area (Å²) in [4.78, 5) is 34.9. The number of carbonyl (C=O) groups excluding carboxylic acids is 2. The molecule has 1 aromatic carbocycles. The van der Waals surface area contributed by atoms with Gasteiger partial charge in [-0.15, -0.1) is 11.3 Å². The molecular weight excluding hydrogens is 397 g/mol. The summed E-state index contributed by atoms with van der Waals surface area (Å²) in [6, 6.07) is 5.57. The highest BCUT2D eigenvalue weighted by molar-refractivity contribution is 8.01. The van der Waals surface area contributed by atoms with Gasteiger partial charge >= 0.3 is 6.09 Å². The van der Waals surface area contributed by atoms with Crippen molar-refractivity contribution >= 4 is 46.5 Å². The van der Waals surface area contributed by atoms with Gasteiger partial charge in [0.25, 0.3) is 5.69 Å². The molecule has 1 fully saturated rings. The number of rotatable bonds is 6. The van der Waals surface area contributed by atoms with Crippen LogP contribution in [-0.4, -0.2) is 36.1 Å². The Kier molecular flexibility index (Phi) is 5.61. The Morgan fingerprint density at radius 3 is 2.96 bits per heavy atom. The molecule has 0 aliphatic carbocycles. The lowest BCUT2D eigenvalue weighted by molar-refractivity contribution is -0.387. The third-order valence-corrected chi connectivity index (χ3v) is 5.87. The first-order chi connectivity index (χ1) is 12.8. The van der Waals surface area contributed by atoms with E-state index in [0.29, 0.717) is 9.90 Å². The molecule has 3 rings (SSSR count). The zero-order valence-electron chi connectivity index (χ0n) is 14.0. The molecule has 142 valence electrons. The molecule has 0 radical (unpaired) electrons. The van der Waals surface area contributed by atoms with E-state index in [0.717, 1.165) is 23.1 Å². The fourth-order valence-electron chi connectivity index (χ4n) is 2.44. The first-order valence-corrected chi connectivity index (χ1v) is 9.46. The number of ether oxygens (including phenoxy) is 1. The third kappa shape index (κ3) is 4.37. The van der Waals surface area contributed by atoms with Gasteiger partial charge in [0.15, 0.2) is 0 Å². The Balaban J connectivity index is 1.73. The lowest BCUT2D eigenvalue weighted by atomic mass is 10.2. The average molecular weight is 411 g/mol. The molecule has 1 saturated heterocycles. The zero-order chi connectivity index (χ0) is 19.6. The highest BCUT2D eigenvalue weighted by Crippen LogP contribution is 2.40. The second-order valence-corrected chi connectivity index (χ2v) is 7.85. The zero-order valence-corrected chi connectivity index (χ0v) is 15.6. The number of thiophene rings is 1. The topological polar surface area (TPSA) is 102 Å². The van der Waals surface area contributed by atoms with Crippen LogP contribution in [0.1, 0.15) is 6.92 Å². The van der Waals surface area contributed by atoms with Gasteiger partial charge < -0.3 is 10.1 Å². The normalized spacial score (nSPS) is 16.3. The van der Waals surface area contributed by atoms with E-state index in [-0.39, 0.29) is 29.6 Å². The van der Waals surface area contributed by atoms with Gasteiger partial charge in [-0.25, -0.2) is 9.18 Å². The first-order valence-electron chi connectivity index (χ1n) is 7.77. The molecular formula is C16H14FN3O5S2. The fourth-order valence-corrected chi connectivity index (χ4v) is 4.39. The molecule has 1 aromatic heterocycles. The van der Waals surface area contributed by atoms with Crippen LogP contribution < -0.4 is 10.2 Å². The summed E-state index contributed by atoms with van der Waals surface area (Å²) >= 11 is 2.11. The monoisotopic (exact) mass is 411 g/mol. The number of amides is 2. The van der Waals surface area contributed by atoms with Crippen molar-refractivity contribution in [3.05, 3.63) is 45.6 Å². The number of anilines is 1. The van der Waals surface area contributed by atoms with Crippen LogP contribution in [0.25, 0.3) is 0 Å². The maximum absolute atomic E-state index is 14.5. The van der Waals surface area contributed by atoms with Crippen molar-refractivity contribution in [1.82, 2.24) is 5.32 Å². The standard InChI is InChI=1S/C16H14FN3O5S2/c1-9(21)18-7-11-8-19(16(22)25-11)10-2-3-14(12(17)6-10)27-15-13(20(23)24)4-5-26-15/h2-6,11H,7-8H2,1H3,(H,18,21)/t11-/m1/s1. The smallest absolute Gasteiger partial charge is 0.414 e. The van der Waals surface area contributed by atoms with Crippen LogP contribution in [0.5, 0.6) is 0 Å². The highest BCUT2D eigenvalue weighted by atomic mass is 32.2. The van der Waals surface area contributed by atoms with Crippen molar-refractivity contribution < 1.29 is 23.6 Å². The summed E-state index contributed by atoms with van der Waals surface area (Å²) < 4.78 is 20.0. The van der Waals surface area contributed by atoms with E-state index in [2.05, 4.69) is 5.32 Å². The lowest BCUT2D eigenvalue weighted by Gasteiger charge is -2.14. The summed E-state index contributed by atoms with van der Waals surface area (Å²) in [6.07, 6.45) is -1.15. The number of nitrogens with one attached hydrogen (secondary N) is 1. The van der Waals surface area contributed by atoms with Gasteiger partial charge in [0.1, 0.15) is 16.1 Å². The van der Waals surface area contributed by atoms with Crippen LogP contribution in [0, 0.1) is 15.9 Å². The van der Waals surface area contributed by atoms with E-state index in [1.807, 2.05) is 0 Å². The van der Waals surface area contributed by atoms with E-state index in [1.54, 1.807) is 11.4 Å². The Bertz CT molecular complexity index is 904. The molecule has 2 amide bonds. The molecule has 8 nitrogen and oxygen atoms in total. The summed E-state index contributed by atoms with van der Waals surface area (Å²) in [7, 11) is 0. The predicted octanol–water partition coefficient (Wildman–Crippen LogP) is 3.41. The molecule has 0 unspecified atom stereocenters. The molecule has 1 atom stereocenters. The lowest BCUT2D eigenvalue weighted by Crippen LogP contribution is -2.33. The Morgan fingerprint density at radius 1 is 1.52 bits per heavy atom. The Labute approximate surface area is 161 Å². The number of hydrogen-bond donors (Lipinski definition) is 1. The Morgan fingerprint density at radius 2 is 2.30 bits per heavy atom. The van der Waals surface area contributed by atoms with E-state index in [4.69, 9.17) is 4.74 Å². The third-order valence-electron chi connectivity index (χ3n) is 3.69. The molecule has 1 aliphatic heterocycles. The maximum atomic E-state index is 14.5. The van der Waals surface area contributed by atoms with E-state index in [9.17, 15) is 24.1 Å². The molecule has 0 saturated carbocycles. The van der Waals surface area contributed by atoms with Crippen molar-refractivity contribution in [1.29, 1.82) is 0 Å².